The molecule has 1 fully saturated rings. The number of nitrogens with one attached hydrogen (secondary N) is 2. The highest BCUT2D eigenvalue weighted by atomic mass is 16.6. The molecule has 4 heteroatoms. The lowest BCUT2D eigenvalue weighted by Gasteiger charge is -2.28. The Balaban J connectivity index is 2.10. The largest absolute Gasteiger partial charge is 0.459 e. The summed E-state index contributed by atoms with van der Waals surface area (Å²) in [5, 5.41) is 6.22. The van der Waals surface area contributed by atoms with Gasteiger partial charge in [0.25, 0.3) is 0 Å². The van der Waals surface area contributed by atoms with Crippen molar-refractivity contribution in [1.29, 1.82) is 0 Å². The van der Waals surface area contributed by atoms with Crippen molar-refractivity contribution in [1.82, 2.24) is 10.6 Å². The molecule has 4 nitrogen and oxygen atoms in total. The van der Waals surface area contributed by atoms with Gasteiger partial charge in [0.05, 0.1) is 6.54 Å². The molecule has 0 aromatic rings. The Morgan fingerprint density at radius 3 is 2.54 bits per heavy atom. The van der Waals surface area contributed by atoms with Gasteiger partial charge in [0.15, 0.2) is 0 Å². The van der Waals surface area contributed by atoms with Crippen LogP contribution in [-0.2, 0) is 9.53 Å². The monoisotopic (exact) mass is 186 g/mol. The van der Waals surface area contributed by atoms with Crippen LogP contribution in [0.25, 0.3) is 0 Å². The molecule has 0 aliphatic carbocycles. The van der Waals surface area contributed by atoms with Gasteiger partial charge in [-0.05, 0) is 20.8 Å². The molecule has 0 atom stereocenters. The van der Waals surface area contributed by atoms with Crippen molar-refractivity contribution in [3.05, 3.63) is 0 Å². The molecule has 1 rings (SSSR count). The van der Waals surface area contributed by atoms with Crippen LogP contribution in [0.1, 0.15) is 20.8 Å². The minimum Gasteiger partial charge on any atom is -0.459 e. The van der Waals surface area contributed by atoms with E-state index in [9.17, 15) is 4.79 Å². The maximum Gasteiger partial charge on any atom is 0.320 e. The first-order valence-electron chi connectivity index (χ1n) is 4.63. The number of hydrogen-bond donors (Lipinski definition) is 2. The zero-order valence-electron chi connectivity index (χ0n) is 8.52. The summed E-state index contributed by atoms with van der Waals surface area (Å²) >= 11 is 0. The second kappa shape index (κ2) is 4.07. The Labute approximate surface area is 79.0 Å². The lowest BCUT2D eigenvalue weighted by molar-refractivity contribution is -0.153. The topological polar surface area (TPSA) is 50.4 Å². The van der Waals surface area contributed by atoms with E-state index in [-0.39, 0.29) is 11.6 Å². The molecule has 0 amide bonds. The first kappa shape index (κ1) is 10.5. The van der Waals surface area contributed by atoms with E-state index in [1.807, 2.05) is 20.8 Å². The SMILES string of the molecule is CC(C)(C)OC(=O)CNC1CNC1. The quantitative estimate of drug-likeness (QED) is 0.604. The lowest BCUT2D eigenvalue weighted by Crippen LogP contribution is -2.56. The number of ether oxygens (including phenoxy) is 1. The van der Waals surface area contributed by atoms with Crippen LogP contribution in [0, 0.1) is 0 Å². The van der Waals surface area contributed by atoms with Gasteiger partial charge in [-0.3, -0.25) is 4.79 Å². The van der Waals surface area contributed by atoms with Gasteiger partial charge < -0.3 is 15.4 Å². The average molecular weight is 186 g/mol. The first-order chi connectivity index (χ1) is 5.97. The molecule has 1 saturated heterocycles. The third kappa shape index (κ3) is 4.24. The van der Waals surface area contributed by atoms with Crippen molar-refractivity contribution >= 4 is 5.97 Å². The van der Waals surface area contributed by atoms with Crippen molar-refractivity contribution in [3.63, 3.8) is 0 Å². The number of carbonyl (C=O) groups excluding carboxylic acids is 1. The van der Waals surface area contributed by atoms with Crippen molar-refractivity contribution in [2.75, 3.05) is 19.6 Å². The molecule has 1 aliphatic heterocycles. The zero-order valence-corrected chi connectivity index (χ0v) is 8.52. The van der Waals surface area contributed by atoms with Gasteiger partial charge in [0, 0.05) is 19.1 Å². The number of esters is 1. The summed E-state index contributed by atoms with van der Waals surface area (Å²) in [5.41, 5.74) is -0.378. The Morgan fingerprint density at radius 1 is 1.54 bits per heavy atom. The highest BCUT2D eigenvalue weighted by Gasteiger charge is 2.19. The van der Waals surface area contributed by atoms with E-state index in [0.29, 0.717) is 12.6 Å². The minimum atomic E-state index is -0.378. The highest BCUT2D eigenvalue weighted by Crippen LogP contribution is 2.06. The van der Waals surface area contributed by atoms with E-state index in [1.54, 1.807) is 0 Å². The van der Waals surface area contributed by atoms with E-state index >= 15 is 0 Å². The summed E-state index contributed by atoms with van der Waals surface area (Å²) in [6.07, 6.45) is 0. The zero-order chi connectivity index (χ0) is 9.90. The standard InChI is InChI=1S/C9H18N2O2/c1-9(2,3)13-8(12)6-11-7-4-10-5-7/h7,10-11H,4-6H2,1-3H3. The van der Waals surface area contributed by atoms with Crippen LogP contribution in [0.4, 0.5) is 0 Å². The summed E-state index contributed by atoms with van der Waals surface area (Å²) in [7, 11) is 0. The molecule has 1 aliphatic rings. The molecule has 13 heavy (non-hydrogen) atoms. The van der Waals surface area contributed by atoms with E-state index in [4.69, 9.17) is 4.74 Å². The maximum atomic E-state index is 11.2. The van der Waals surface area contributed by atoms with Gasteiger partial charge in [-0.2, -0.15) is 0 Å². The Hall–Kier alpha value is -0.610. The normalized spacial score (nSPS) is 18.1. The molecule has 0 bridgehead atoms. The van der Waals surface area contributed by atoms with Gasteiger partial charge in [-0.1, -0.05) is 0 Å². The van der Waals surface area contributed by atoms with Gasteiger partial charge in [-0.25, -0.2) is 0 Å². The second-order valence-corrected chi connectivity index (χ2v) is 4.32. The first-order valence-corrected chi connectivity index (χ1v) is 4.63. The molecule has 0 aromatic heterocycles. The fraction of sp³-hybridized carbons (Fsp3) is 0.889. The van der Waals surface area contributed by atoms with Crippen molar-refractivity contribution in [2.24, 2.45) is 0 Å². The van der Waals surface area contributed by atoms with Crippen LogP contribution in [-0.4, -0.2) is 37.2 Å². The van der Waals surface area contributed by atoms with Crippen molar-refractivity contribution in [2.45, 2.75) is 32.4 Å². The number of hydrogen-bond acceptors (Lipinski definition) is 4. The molecule has 0 aromatic carbocycles. The third-order valence-corrected chi connectivity index (χ3v) is 1.74. The van der Waals surface area contributed by atoms with E-state index in [0.717, 1.165) is 13.1 Å². The molecule has 0 radical (unpaired) electrons. The molecule has 0 spiro atoms. The predicted molar refractivity (Wildman–Crippen MR) is 50.5 cm³/mol. The maximum absolute atomic E-state index is 11.2. The molecule has 76 valence electrons. The molecule has 0 unspecified atom stereocenters. The Kier molecular flexibility index (Phi) is 3.27. The van der Waals surface area contributed by atoms with Crippen molar-refractivity contribution < 1.29 is 9.53 Å². The van der Waals surface area contributed by atoms with E-state index in [1.165, 1.54) is 0 Å². The summed E-state index contributed by atoms with van der Waals surface area (Å²) in [4.78, 5) is 11.2. The van der Waals surface area contributed by atoms with Gasteiger partial charge in [-0.15, -0.1) is 0 Å². The Morgan fingerprint density at radius 2 is 2.15 bits per heavy atom. The van der Waals surface area contributed by atoms with Crippen LogP contribution >= 0.6 is 0 Å². The fourth-order valence-corrected chi connectivity index (χ4v) is 1.04. The third-order valence-electron chi connectivity index (χ3n) is 1.74. The van der Waals surface area contributed by atoms with E-state index in [2.05, 4.69) is 10.6 Å². The fourth-order valence-electron chi connectivity index (χ4n) is 1.04. The van der Waals surface area contributed by atoms with Crippen LogP contribution in [0.2, 0.25) is 0 Å². The second-order valence-electron chi connectivity index (χ2n) is 4.32. The highest BCUT2D eigenvalue weighted by molar-refractivity contribution is 5.72. The number of rotatable bonds is 3. The van der Waals surface area contributed by atoms with Gasteiger partial charge in [0.2, 0.25) is 0 Å². The average Bonchev–Trinajstić information content (AvgIpc) is 1.78. The predicted octanol–water partition coefficient (Wildman–Crippen LogP) is -0.110. The van der Waals surface area contributed by atoms with Gasteiger partial charge in [0.1, 0.15) is 5.60 Å². The lowest BCUT2D eigenvalue weighted by atomic mass is 10.2. The van der Waals surface area contributed by atoms with Crippen LogP contribution in [0.15, 0.2) is 0 Å². The molecule has 1 heterocycles. The van der Waals surface area contributed by atoms with Crippen molar-refractivity contribution in [3.8, 4) is 0 Å². The summed E-state index contributed by atoms with van der Waals surface area (Å²) in [6, 6.07) is 0.438. The molecule has 2 N–H and O–H groups in total. The number of carbonyl (C=O) groups is 1. The summed E-state index contributed by atoms with van der Waals surface area (Å²) in [6.45, 7) is 7.82. The Bertz CT molecular complexity index is 183. The smallest absolute Gasteiger partial charge is 0.320 e. The van der Waals surface area contributed by atoms with Crippen LogP contribution < -0.4 is 10.6 Å². The summed E-state index contributed by atoms with van der Waals surface area (Å²) in [5.74, 6) is -0.181. The molecular weight excluding hydrogens is 168 g/mol. The van der Waals surface area contributed by atoms with E-state index < -0.39 is 0 Å². The summed E-state index contributed by atoms with van der Waals surface area (Å²) < 4.78 is 5.13. The van der Waals surface area contributed by atoms with Crippen LogP contribution in [0.5, 0.6) is 0 Å². The molecule has 0 saturated carbocycles. The van der Waals surface area contributed by atoms with Gasteiger partial charge >= 0.3 is 5.97 Å². The molecular formula is C9H18N2O2. The van der Waals surface area contributed by atoms with Crippen LogP contribution in [0.3, 0.4) is 0 Å². The minimum absolute atomic E-state index is 0.181.